The molecule has 0 amide bonds. The molecule has 1 atom stereocenters. The molecule has 3 N–H and O–H groups in total. The molecule has 6 heteroatoms. The Kier molecular flexibility index (Phi) is 4.21. The lowest BCUT2D eigenvalue weighted by Gasteiger charge is -2.16. The van der Waals surface area contributed by atoms with Crippen LogP contribution in [0.15, 0.2) is 53.6 Å². The van der Waals surface area contributed by atoms with Crippen LogP contribution in [0.5, 0.6) is 5.75 Å². The molecule has 1 aliphatic heterocycles. The van der Waals surface area contributed by atoms with Gasteiger partial charge in [-0.2, -0.15) is 5.10 Å². The second-order valence-electron chi connectivity index (χ2n) is 5.44. The Morgan fingerprint density at radius 3 is 2.74 bits per heavy atom. The van der Waals surface area contributed by atoms with Crippen LogP contribution in [0, 0.1) is 11.3 Å². The number of hydrogen-bond donors (Lipinski definition) is 3. The molecule has 0 aliphatic carbocycles. The van der Waals surface area contributed by atoms with Crippen molar-refractivity contribution in [1.29, 1.82) is 5.41 Å². The Bertz CT molecular complexity index is 760. The van der Waals surface area contributed by atoms with Gasteiger partial charge >= 0.3 is 0 Å². The van der Waals surface area contributed by atoms with E-state index in [1.807, 2.05) is 37.3 Å². The highest BCUT2D eigenvalue weighted by molar-refractivity contribution is 6.32. The molecule has 3 rings (SSSR count). The van der Waals surface area contributed by atoms with E-state index in [9.17, 15) is 5.11 Å². The van der Waals surface area contributed by atoms with Crippen LogP contribution in [0.1, 0.15) is 12.5 Å². The van der Waals surface area contributed by atoms with E-state index in [0.29, 0.717) is 17.1 Å². The van der Waals surface area contributed by atoms with Crippen LogP contribution < -0.4 is 5.32 Å². The number of guanidine groups is 1. The molecule has 0 fully saturated rings. The monoisotopic (exact) mass is 328 g/mol. The van der Waals surface area contributed by atoms with E-state index < -0.39 is 0 Å². The number of aromatic hydroxyl groups is 1. The number of halogens is 1. The fourth-order valence-electron chi connectivity index (χ4n) is 2.52. The van der Waals surface area contributed by atoms with Crippen LogP contribution >= 0.6 is 11.6 Å². The molecule has 0 aromatic heterocycles. The smallest absolute Gasteiger partial charge is 0.216 e. The third-order valence-corrected chi connectivity index (χ3v) is 4.00. The molecule has 0 radical (unpaired) electrons. The first-order valence-electron chi connectivity index (χ1n) is 7.31. The van der Waals surface area contributed by atoms with Crippen LogP contribution in [0.4, 0.5) is 5.69 Å². The number of phenolic OH excluding ortho intramolecular Hbond substituents is 1. The number of para-hydroxylation sites is 2. The lowest BCUT2D eigenvalue weighted by atomic mass is 9.99. The van der Waals surface area contributed by atoms with E-state index in [1.54, 1.807) is 23.2 Å². The van der Waals surface area contributed by atoms with Gasteiger partial charge in [-0.1, -0.05) is 42.8 Å². The van der Waals surface area contributed by atoms with Crippen LogP contribution in [0.25, 0.3) is 0 Å². The number of nitrogens with zero attached hydrogens (tertiary/aromatic N) is 2. The molecule has 118 valence electrons. The molecule has 0 bridgehead atoms. The molecule has 2 aromatic carbocycles. The summed E-state index contributed by atoms with van der Waals surface area (Å²) >= 11 is 5.97. The van der Waals surface area contributed by atoms with Crippen molar-refractivity contribution in [2.75, 3.05) is 11.9 Å². The molecular formula is C17H17ClN4O. The second kappa shape index (κ2) is 6.30. The minimum Gasteiger partial charge on any atom is -0.506 e. The zero-order chi connectivity index (χ0) is 16.4. The van der Waals surface area contributed by atoms with Gasteiger partial charge in [-0.15, -0.1) is 0 Å². The maximum absolute atomic E-state index is 10.1. The fraction of sp³-hybridized carbons (Fsp3) is 0.176. The van der Waals surface area contributed by atoms with Crippen LogP contribution in [0.3, 0.4) is 0 Å². The predicted molar refractivity (Wildman–Crippen MR) is 93.3 cm³/mol. The first kappa shape index (κ1) is 15.4. The van der Waals surface area contributed by atoms with E-state index in [4.69, 9.17) is 17.0 Å². The van der Waals surface area contributed by atoms with Gasteiger partial charge in [-0.05, 0) is 24.3 Å². The number of nitrogens with one attached hydrogen (secondary N) is 2. The van der Waals surface area contributed by atoms with Crippen LogP contribution in [-0.4, -0.2) is 28.3 Å². The highest BCUT2D eigenvalue weighted by Gasteiger charge is 2.28. The van der Waals surface area contributed by atoms with Crippen molar-refractivity contribution in [3.63, 3.8) is 0 Å². The number of hydrazone groups is 1. The van der Waals surface area contributed by atoms with Gasteiger partial charge in [0.2, 0.25) is 5.96 Å². The normalized spacial score (nSPS) is 17.0. The van der Waals surface area contributed by atoms with Crippen molar-refractivity contribution in [3.8, 4) is 5.75 Å². The minimum absolute atomic E-state index is 0.0316. The highest BCUT2D eigenvalue weighted by atomic mass is 35.5. The van der Waals surface area contributed by atoms with E-state index >= 15 is 0 Å². The molecule has 1 heterocycles. The molecule has 0 saturated heterocycles. The SMILES string of the molecule is CC1CN(C(=N)Nc2ccccc2)N=C1c1cccc(Cl)c1O. The Labute approximate surface area is 139 Å². The first-order chi connectivity index (χ1) is 11.1. The zero-order valence-corrected chi connectivity index (χ0v) is 13.4. The summed E-state index contributed by atoms with van der Waals surface area (Å²) < 4.78 is 0. The van der Waals surface area contributed by atoms with Crippen LogP contribution in [0.2, 0.25) is 5.02 Å². The van der Waals surface area contributed by atoms with Gasteiger partial charge in [0, 0.05) is 17.2 Å². The van der Waals surface area contributed by atoms with Crippen molar-refractivity contribution >= 4 is 29.0 Å². The lowest BCUT2D eigenvalue weighted by molar-refractivity contribution is 0.452. The molecule has 1 aliphatic rings. The Balaban J connectivity index is 1.82. The zero-order valence-electron chi connectivity index (χ0n) is 12.6. The maximum atomic E-state index is 10.1. The molecule has 23 heavy (non-hydrogen) atoms. The van der Waals surface area contributed by atoms with Gasteiger partial charge in [0.15, 0.2) is 0 Å². The third-order valence-electron chi connectivity index (χ3n) is 3.70. The average molecular weight is 329 g/mol. The van der Waals surface area contributed by atoms with Gasteiger partial charge in [-0.3, -0.25) is 5.41 Å². The maximum Gasteiger partial charge on any atom is 0.216 e. The molecule has 1 unspecified atom stereocenters. The molecule has 0 spiro atoms. The van der Waals surface area contributed by atoms with Crippen molar-refractivity contribution < 1.29 is 5.11 Å². The van der Waals surface area contributed by atoms with E-state index in [-0.39, 0.29) is 17.6 Å². The summed E-state index contributed by atoms with van der Waals surface area (Å²) in [5.74, 6) is 0.307. The van der Waals surface area contributed by atoms with E-state index in [0.717, 1.165) is 11.4 Å². The summed E-state index contributed by atoms with van der Waals surface area (Å²) in [5.41, 5.74) is 2.17. The number of hydrogen-bond acceptors (Lipinski definition) is 3. The Hall–Kier alpha value is -2.53. The van der Waals surface area contributed by atoms with E-state index in [2.05, 4.69) is 10.4 Å². The third kappa shape index (κ3) is 3.14. The molecular weight excluding hydrogens is 312 g/mol. The summed E-state index contributed by atoms with van der Waals surface area (Å²) in [6.45, 7) is 2.58. The number of benzene rings is 2. The summed E-state index contributed by atoms with van der Waals surface area (Å²) in [5, 5.41) is 27.7. The standard InChI is InChI=1S/C17H17ClN4O/c1-11-10-22(17(19)20-12-6-3-2-4-7-12)21-15(11)13-8-5-9-14(18)16(13)23/h2-9,11,23H,10H2,1H3,(H2,19,20). The summed E-state index contributed by atoms with van der Waals surface area (Å²) in [6, 6.07) is 14.7. The van der Waals surface area contributed by atoms with Crippen molar-refractivity contribution in [2.24, 2.45) is 11.0 Å². The number of rotatable bonds is 2. The van der Waals surface area contributed by atoms with Gasteiger partial charge in [0.25, 0.3) is 0 Å². The molecule has 5 nitrogen and oxygen atoms in total. The average Bonchev–Trinajstić information content (AvgIpc) is 2.93. The lowest BCUT2D eigenvalue weighted by Crippen LogP contribution is -2.30. The fourth-order valence-corrected chi connectivity index (χ4v) is 2.70. The topological polar surface area (TPSA) is 71.7 Å². The second-order valence-corrected chi connectivity index (χ2v) is 5.85. The summed E-state index contributed by atoms with van der Waals surface area (Å²) in [7, 11) is 0. The van der Waals surface area contributed by atoms with Crippen molar-refractivity contribution in [2.45, 2.75) is 6.92 Å². The van der Waals surface area contributed by atoms with Gasteiger partial charge in [-0.25, -0.2) is 5.01 Å². The quantitative estimate of drug-likeness (QED) is 0.580. The predicted octanol–water partition coefficient (Wildman–Crippen LogP) is 3.75. The summed E-state index contributed by atoms with van der Waals surface area (Å²) in [6.07, 6.45) is 0. The first-order valence-corrected chi connectivity index (χ1v) is 7.68. The minimum atomic E-state index is 0.0316. The van der Waals surface area contributed by atoms with Gasteiger partial charge in [0.1, 0.15) is 5.75 Å². The van der Waals surface area contributed by atoms with Crippen LogP contribution in [-0.2, 0) is 0 Å². The summed E-state index contributed by atoms with van der Waals surface area (Å²) in [4.78, 5) is 0. The van der Waals surface area contributed by atoms with Gasteiger partial charge < -0.3 is 10.4 Å². The molecule has 0 saturated carbocycles. The van der Waals surface area contributed by atoms with Gasteiger partial charge in [0.05, 0.1) is 17.3 Å². The number of phenols is 1. The Morgan fingerprint density at radius 1 is 1.26 bits per heavy atom. The van der Waals surface area contributed by atoms with E-state index in [1.165, 1.54) is 0 Å². The highest BCUT2D eigenvalue weighted by Crippen LogP contribution is 2.31. The van der Waals surface area contributed by atoms with Crippen molar-refractivity contribution in [3.05, 3.63) is 59.1 Å². The number of anilines is 1. The molecule has 2 aromatic rings. The largest absolute Gasteiger partial charge is 0.506 e. The van der Waals surface area contributed by atoms with Crippen molar-refractivity contribution in [1.82, 2.24) is 5.01 Å². The Morgan fingerprint density at radius 2 is 2.00 bits per heavy atom.